The summed E-state index contributed by atoms with van der Waals surface area (Å²) in [5.41, 5.74) is 1.67. The van der Waals surface area contributed by atoms with Crippen molar-refractivity contribution in [3.05, 3.63) is 59.9 Å². The molecule has 2 aromatic carbocycles. The highest BCUT2D eigenvalue weighted by molar-refractivity contribution is 7.80. The van der Waals surface area contributed by atoms with Gasteiger partial charge < -0.3 is 20.7 Å². The molecule has 0 aromatic heterocycles. The lowest BCUT2D eigenvalue weighted by molar-refractivity contribution is -0.121. The quantitative estimate of drug-likeness (QED) is 0.341. The number of piperidine rings is 1. The Morgan fingerprint density at radius 2 is 1.88 bits per heavy atom. The normalized spacial score (nSPS) is 15.5. The molecule has 1 saturated heterocycles. The van der Waals surface area contributed by atoms with Gasteiger partial charge in [-0.15, -0.1) is 0 Å². The average Bonchev–Trinajstić information content (AvgIpc) is 2.84. The SMILES string of the molecule is CCCCCOc1ccc(NC(=S)NC(=O)CN2CCC(NC)(c3ccccc3)CC2)cc1F. The number of hydrogen-bond donors (Lipinski definition) is 3. The first-order chi connectivity index (χ1) is 16.5. The minimum Gasteiger partial charge on any atom is -0.491 e. The molecule has 1 aliphatic heterocycles. The van der Waals surface area contributed by atoms with Crippen LogP contribution in [0.1, 0.15) is 44.6 Å². The topological polar surface area (TPSA) is 65.6 Å². The number of nitrogens with zero attached hydrogens (tertiary/aromatic N) is 1. The van der Waals surface area contributed by atoms with Crippen LogP contribution >= 0.6 is 12.2 Å². The van der Waals surface area contributed by atoms with E-state index in [-0.39, 0.29) is 28.9 Å². The molecule has 0 aliphatic carbocycles. The van der Waals surface area contributed by atoms with Gasteiger partial charge in [-0.05, 0) is 56.2 Å². The van der Waals surface area contributed by atoms with Crippen LogP contribution in [0.3, 0.4) is 0 Å². The standard InChI is InChI=1S/C26H35FN4O2S/c1-3-4-8-17-33-23-12-11-21(18-22(23)27)29-25(34)30-24(32)19-31-15-13-26(28-2,14-16-31)20-9-6-5-7-10-20/h5-7,9-12,18,28H,3-4,8,13-17,19H2,1-2H3,(H2,29,30,32,34). The van der Waals surface area contributed by atoms with Crippen LogP contribution in [0, 0.1) is 5.82 Å². The van der Waals surface area contributed by atoms with Crippen molar-refractivity contribution in [3.8, 4) is 5.75 Å². The zero-order chi connectivity index (χ0) is 24.4. The largest absolute Gasteiger partial charge is 0.491 e. The van der Waals surface area contributed by atoms with Crippen molar-refractivity contribution in [3.63, 3.8) is 0 Å². The maximum atomic E-state index is 14.3. The number of amides is 1. The van der Waals surface area contributed by atoms with Crippen LogP contribution < -0.4 is 20.7 Å². The van der Waals surface area contributed by atoms with Gasteiger partial charge in [0.05, 0.1) is 13.2 Å². The number of hydrogen-bond acceptors (Lipinski definition) is 5. The molecule has 34 heavy (non-hydrogen) atoms. The molecular weight excluding hydrogens is 451 g/mol. The van der Waals surface area contributed by atoms with Crippen LogP contribution in [0.4, 0.5) is 10.1 Å². The molecule has 0 atom stereocenters. The summed E-state index contributed by atoms with van der Waals surface area (Å²) in [5, 5.41) is 9.21. The summed E-state index contributed by atoms with van der Waals surface area (Å²) in [6.45, 7) is 4.46. The first-order valence-electron chi connectivity index (χ1n) is 12.0. The number of rotatable bonds is 10. The molecule has 1 aliphatic rings. The van der Waals surface area contributed by atoms with Crippen LogP contribution in [-0.4, -0.2) is 49.2 Å². The Morgan fingerprint density at radius 1 is 1.15 bits per heavy atom. The zero-order valence-electron chi connectivity index (χ0n) is 20.0. The van der Waals surface area contributed by atoms with Gasteiger partial charge in [-0.3, -0.25) is 9.69 Å². The van der Waals surface area contributed by atoms with Gasteiger partial charge in [-0.25, -0.2) is 4.39 Å². The summed E-state index contributed by atoms with van der Waals surface area (Å²) >= 11 is 5.25. The monoisotopic (exact) mass is 486 g/mol. The molecule has 3 rings (SSSR count). The van der Waals surface area contributed by atoms with Gasteiger partial charge >= 0.3 is 0 Å². The van der Waals surface area contributed by atoms with E-state index in [1.807, 2.05) is 13.1 Å². The summed E-state index contributed by atoms with van der Waals surface area (Å²) < 4.78 is 19.8. The second-order valence-corrected chi connectivity index (χ2v) is 9.09. The molecule has 0 saturated carbocycles. The third-order valence-electron chi connectivity index (χ3n) is 6.33. The van der Waals surface area contributed by atoms with E-state index in [1.165, 1.54) is 11.6 Å². The van der Waals surface area contributed by atoms with Gasteiger partial charge in [0.25, 0.3) is 0 Å². The van der Waals surface area contributed by atoms with Crippen LogP contribution in [0.2, 0.25) is 0 Å². The summed E-state index contributed by atoms with van der Waals surface area (Å²) in [6.07, 6.45) is 4.85. The van der Waals surface area contributed by atoms with Crippen molar-refractivity contribution >= 4 is 28.9 Å². The van der Waals surface area contributed by atoms with Crippen molar-refractivity contribution in [2.24, 2.45) is 0 Å². The number of carbonyl (C=O) groups excluding carboxylic acids is 1. The van der Waals surface area contributed by atoms with E-state index in [0.29, 0.717) is 12.3 Å². The van der Waals surface area contributed by atoms with Gasteiger partial charge in [-0.2, -0.15) is 0 Å². The highest BCUT2D eigenvalue weighted by atomic mass is 32.1. The van der Waals surface area contributed by atoms with Crippen molar-refractivity contribution in [1.29, 1.82) is 0 Å². The van der Waals surface area contributed by atoms with Crippen LogP contribution in [0.15, 0.2) is 48.5 Å². The Balaban J connectivity index is 1.44. The fourth-order valence-corrected chi connectivity index (χ4v) is 4.53. The Labute approximate surface area is 207 Å². The van der Waals surface area contributed by atoms with E-state index in [2.05, 4.69) is 52.0 Å². The van der Waals surface area contributed by atoms with Gasteiger partial charge in [-0.1, -0.05) is 50.1 Å². The fourth-order valence-electron chi connectivity index (χ4n) is 4.29. The average molecular weight is 487 g/mol. The molecule has 1 fully saturated rings. The van der Waals surface area contributed by atoms with Crippen LogP contribution in [-0.2, 0) is 10.3 Å². The van der Waals surface area contributed by atoms with Gasteiger partial charge in [0, 0.05) is 30.4 Å². The number of likely N-dealkylation sites (tertiary alicyclic amines) is 1. The first kappa shape index (κ1) is 26.1. The number of anilines is 1. The number of halogens is 1. The van der Waals surface area contributed by atoms with E-state index in [0.717, 1.165) is 45.2 Å². The minimum atomic E-state index is -0.463. The lowest BCUT2D eigenvalue weighted by Crippen LogP contribution is -2.52. The second-order valence-electron chi connectivity index (χ2n) is 8.68. The molecule has 0 spiro atoms. The van der Waals surface area contributed by atoms with Crippen molar-refractivity contribution in [1.82, 2.24) is 15.5 Å². The van der Waals surface area contributed by atoms with Crippen molar-refractivity contribution in [2.75, 3.05) is 38.6 Å². The lowest BCUT2D eigenvalue weighted by atomic mass is 9.81. The van der Waals surface area contributed by atoms with E-state index >= 15 is 0 Å². The highest BCUT2D eigenvalue weighted by Gasteiger charge is 2.35. The van der Waals surface area contributed by atoms with Crippen molar-refractivity contribution < 1.29 is 13.9 Å². The molecule has 8 heteroatoms. The summed E-state index contributed by atoms with van der Waals surface area (Å²) in [7, 11) is 1.99. The summed E-state index contributed by atoms with van der Waals surface area (Å²) in [4.78, 5) is 14.6. The maximum absolute atomic E-state index is 14.3. The van der Waals surface area contributed by atoms with E-state index in [9.17, 15) is 9.18 Å². The predicted octanol–water partition coefficient (Wildman–Crippen LogP) is 4.42. The highest BCUT2D eigenvalue weighted by Crippen LogP contribution is 2.32. The Bertz CT molecular complexity index is 949. The molecule has 0 unspecified atom stereocenters. The number of thiocarbonyl (C=S) groups is 1. The first-order valence-corrected chi connectivity index (χ1v) is 12.4. The number of unbranched alkanes of at least 4 members (excludes halogenated alkanes) is 2. The third kappa shape index (κ3) is 7.22. The molecule has 1 amide bonds. The minimum absolute atomic E-state index is 0.0684. The Hall–Kier alpha value is -2.55. The van der Waals surface area contributed by atoms with E-state index in [4.69, 9.17) is 17.0 Å². The molecule has 184 valence electrons. The third-order valence-corrected chi connectivity index (χ3v) is 6.53. The van der Waals surface area contributed by atoms with Crippen LogP contribution in [0.5, 0.6) is 5.75 Å². The van der Waals surface area contributed by atoms with Crippen molar-refractivity contribution in [2.45, 2.75) is 44.6 Å². The molecule has 2 aromatic rings. The van der Waals surface area contributed by atoms with Gasteiger partial charge in [0.1, 0.15) is 0 Å². The summed E-state index contributed by atoms with van der Waals surface area (Å²) in [5.74, 6) is -0.434. The number of benzene rings is 2. The molecular formula is C26H35FN4O2S. The Morgan fingerprint density at radius 3 is 2.53 bits per heavy atom. The number of ether oxygens (including phenoxy) is 1. The molecule has 6 nitrogen and oxygen atoms in total. The second kappa shape index (κ2) is 12.8. The zero-order valence-corrected chi connectivity index (χ0v) is 20.8. The predicted molar refractivity (Wildman–Crippen MR) is 139 cm³/mol. The number of carbonyl (C=O) groups is 1. The molecule has 0 radical (unpaired) electrons. The fraction of sp³-hybridized carbons (Fsp3) is 0.462. The molecule has 0 bridgehead atoms. The van der Waals surface area contributed by atoms with Gasteiger partial charge in [0.15, 0.2) is 16.7 Å². The number of nitrogens with one attached hydrogen (secondary N) is 3. The Kier molecular flexibility index (Phi) is 9.80. The van der Waals surface area contributed by atoms with E-state index < -0.39 is 5.82 Å². The smallest absolute Gasteiger partial charge is 0.240 e. The maximum Gasteiger partial charge on any atom is 0.240 e. The molecule has 1 heterocycles. The van der Waals surface area contributed by atoms with Gasteiger partial charge in [0.2, 0.25) is 5.91 Å². The summed E-state index contributed by atoms with van der Waals surface area (Å²) in [6, 6.07) is 15.0. The lowest BCUT2D eigenvalue weighted by Gasteiger charge is -2.42. The van der Waals surface area contributed by atoms with E-state index in [1.54, 1.807) is 12.1 Å². The molecule has 3 N–H and O–H groups in total. The van der Waals surface area contributed by atoms with Crippen LogP contribution in [0.25, 0.3) is 0 Å².